The molecule has 2 aromatic carbocycles. The van der Waals surface area contributed by atoms with Gasteiger partial charge in [-0.3, -0.25) is 19.2 Å². The minimum Gasteiger partial charge on any atom is -0.507 e. The molecule has 3 aliphatic rings. The molecular weight excluding hydrogens is 590 g/mol. The molecule has 1 saturated heterocycles. The van der Waals surface area contributed by atoms with Crippen LogP contribution in [0.3, 0.4) is 0 Å². The number of hydrogen-bond acceptors (Lipinski definition) is 13. The largest absolute Gasteiger partial charge is 0.507 e. The second-order valence-electron chi connectivity index (χ2n) is 11.8. The van der Waals surface area contributed by atoms with Gasteiger partial charge in [-0.2, -0.15) is 0 Å². The van der Waals surface area contributed by atoms with Crippen LogP contribution in [0.1, 0.15) is 82.2 Å². The lowest BCUT2D eigenvalue weighted by atomic mass is 9.72. The molecule has 1 aliphatic heterocycles. The highest BCUT2D eigenvalue weighted by Gasteiger charge is 2.49. The number of Topliss-reactive ketones (excluding diaryl/α,β-unsaturated/α-hetero) is 1. The van der Waals surface area contributed by atoms with Gasteiger partial charge in [-0.25, -0.2) is 0 Å². The molecule has 1 amide bonds. The first-order valence-electron chi connectivity index (χ1n) is 14.6. The van der Waals surface area contributed by atoms with Gasteiger partial charge in [-0.15, -0.1) is 0 Å². The number of nitrogens with two attached hydrogens (primary N) is 2. The van der Waals surface area contributed by atoms with Crippen LogP contribution in [0, 0.1) is 0 Å². The third-order valence-electron chi connectivity index (χ3n) is 8.90. The number of nitrogens with one attached hydrogen (secondary N) is 1. The summed E-state index contributed by atoms with van der Waals surface area (Å²) in [4.78, 5) is 52.7. The summed E-state index contributed by atoms with van der Waals surface area (Å²) in [5.74, 6) is -3.99. The van der Waals surface area contributed by atoms with E-state index in [1.165, 1.54) is 25.3 Å². The fourth-order valence-electron chi connectivity index (χ4n) is 6.37. The number of ketones is 3. The molecule has 0 aromatic heterocycles. The molecular formula is C31H37N3O11. The molecule has 2 aliphatic carbocycles. The standard InChI is InChI=1S/C31H37N3O11/c1-12-25(36)17(34-30(41)16(33)7-8-32)9-20(44-12)45-19-11-31(42,13(2)35)10-15-22(19)29(40)24-23(27(15)38)26(37)14-5-4-6-18(43-3)21(14)28(24)39/h4-6,12,16-17,19-20,25,36,38,40,42H,7-11,32-33H2,1-3H3,(H,34,41)/t12-,16+,17+,19+,20-,25+,31-/m0/s1. The van der Waals surface area contributed by atoms with E-state index in [4.69, 9.17) is 25.7 Å². The Morgan fingerprint density at radius 2 is 1.84 bits per heavy atom. The van der Waals surface area contributed by atoms with Gasteiger partial charge in [0.15, 0.2) is 17.9 Å². The van der Waals surface area contributed by atoms with E-state index >= 15 is 0 Å². The molecule has 0 radical (unpaired) electrons. The van der Waals surface area contributed by atoms with E-state index in [1.54, 1.807) is 6.92 Å². The molecule has 0 saturated carbocycles. The number of hydrogen-bond donors (Lipinski definition) is 7. The molecule has 9 N–H and O–H groups in total. The van der Waals surface area contributed by atoms with Crippen molar-refractivity contribution in [2.24, 2.45) is 11.5 Å². The number of amides is 1. The van der Waals surface area contributed by atoms with Crippen molar-refractivity contribution < 1.29 is 53.8 Å². The molecule has 14 nitrogen and oxygen atoms in total. The number of benzene rings is 2. The van der Waals surface area contributed by atoms with E-state index in [0.717, 1.165) is 6.92 Å². The van der Waals surface area contributed by atoms with Crippen molar-refractivity contribution in [1.29, 1.82) is 0 Å². The third kappa shape index (κ3) is 5.47. The number of phenols is 2. The average molecular weight is 628 g/mol. The molecule has 14 heteroatoms. The molecule has 1 fully saturated rings. The molecule has 2 aromatic rings. The van der Waals surface area contributed by atoms with Crippen LogP contribution in [0.5, 0.6) is 17.2 Å². The molecule has 45 heavy (non-hydrogen) atoms. The van der Waals surface area contributed by atoms with Crippen molar-refractivity contribution in [3.05, 3.63) is 51.6 Å². The number of carbonyl (C=O) groups is 4. The SMILES string of the molecule is COc1cccc2c1C(=O)c1c(O)c3c(c(O)c1C2=O)C[C@@](O)(C(C)=O)C[C@H]3O[C@H]1C[C@@H](NC(=O)[C@H](N)CCN)[C@H](O)[C@H](C)O1. The van der Waals surface area contributed by atoms with Gasteiger partial charge in [0.1, 0.15) is 29.0 Å². The Labute approximate surface area is 258 Å². The Morgan fingerprint density at radius 1 is 1.16 bits per heavy atom. The number of carbonyl (C=O) groups excluding carboxylic acids is 4. The Hall–Kier alpha value is -3.92. The van der Waals surface area contributed by atoms with Crippen LogP contribution in [-0.2, 0) is 25.5 Å². The van der Waals surface area contributed by atoms with E-state index in [-0.39, 0.29) is 47.4 Å². The van der Waals surface area contributed by atoms with Crippen LogP contribution in [0.2, 0.25) is 0 Å². The molecule has 242 valence electrons. The zero-order valence-electron chi connectivity index (χ0n) is 25.0. The minimum atomic E-state index is -2.08. The lowest BCUT2D eigenvalue weighted by Gasteiger charge is -2.43. The van der Waals surface area contributed by atoms with Crippen molar-refractivity contribution in [3.8, 4) is 17.2 Å². The minimum absolute atomic E-state index is 0.0469. The van der Waals surface area contributed by atoms with Crippen molar-refractivity contribution >= 4 is 23.3 Å². The smallest absolute Gasteiger partial charge is 0.237 e. The van der Waals surface area contributed by atoms with Gasteiger partial charge in [0.25, 0.3) is 0 Å². The van der Waals surface area contributed by atoms with Crippen molar-refractivity contribution in [2.75, 3.05) is 13.7 Å². The van der Waals surface area contributed by atoms with Gasteiger partial charge in [0, 0.05) is 36.0 Å². The van der Waals surface area contributed by atoms with E-state index in [0.29, 0.717) is 0 Å². The Morgan fingerprint density at radius 3 is 2.49 bits per heavy atom. The summed E-state index contributed by atoms with van der Waals surface area (Å²) in [7, 11) is 1.32. The van der Waals surface area contributed by atoms with E-state index in [9.17, 15) is 39.6 Å². The van der Waals surface area contributed by atoms with Gasteiger partial charge in [0.2, 0.25) is 11.7 Å². The zero-order chi connectivity index (χ0) is 33.0. The van der Waals surface area contributed by atoms with Gasteiger partial charge < -0.3 is 51.4 Å². The molecule has 0 bridgehead atoms. The first-order chi connectivity index (χ1) is 21.2. The molecule has 7 atom stereocenters. The Balaban J connectivity index is 1.57. The topological polar surface area (TPSA) is 241 Å². The molecule has 0 spiro atoms. The van der Waals surface area contributed by atoms with Crippen LogP contribution in [0.25, 0.3) is 0 Å². The summed E-state index contributed by atoms with van der Waals surface area (Å²) in [5.41, 5.74) is 7.96. The lowest BCUT2D eigenvalue weighted by Crippen LogP contribution is -2.58. The summed E-state index contributed by atoms with van der Waals surface area (Å²) in [6.45, 7) is 2.88. The number of fused-ring (bicyclic) bond motifs is 3. The number of aliphatic hydroxyl groups excluding tert-OH is 1. The van der Waals surface area contributed by atoms with Crippen molar-refractivity contribution in [2.45, 2.75) is 81.8 Å². The fourth-order valence-corrected chi connectivity index (χ4v) is 6.37. The molecule has 1 heterocycles. The average Bonchev–Trinajstić information content (AvgIpc) is 2.99. The number of aliphatic hydroxyl groups is 2. The summed E-state index contributed by atoms with van der Waals surface area (Å²) in [5, 5.41) is 47.9. The highest BCUT2D eigenvalue weighted by Crippen LogP contribution is 2.52. The van der Waals surface area contributed by atoms with E-state index in [1.807, 2.05) is 0 Å². The third-order valence-corrected chi connectivity index (χ3v) is 8.90. The summed E-state index contributed by atoms with van der Waals surface area (Å²) >= 11 is 0. The van der Waals surface area contributed by atoms with E-state index < -0.39 is 101 Å². The van der Waals surface area contributed by atoms with Crippen molar-refractivity contribution in [1.82, 2.24) is 5.32 Å². The maximum absolute atomic E-state index is 13.8. The first-order valence-corrected chi connectivity index (χ1v) is 14.6. The van der Waals surface area contributed by atoms with Gasteiger partial charge in [-0.05, 0) is 32.9 Å². The fraction of sp³-hybridized carbons (Fsp3) is 0.484. The predicted octanol–water partition coefficient (Wildman–Crippen LogP) is -0.137. The van der Waals surface area contributed by atoms with Crippen LogP contribution in [0.4, 0.5) is 0 Å². The molecule has 5 rings (SSSR count). The highest BCUT2D eigenvalue weighted by atomic mass is 16.7. The summed E-state index contributed by atoms with van der Waals surface area (Å²) in [6.07, 6.45) is -5.28. The van der Waals surface area contributed by atoms with Crippen LogP contribution in [-0.4, -0.2) is 93.5 Å². The molecule has 0 unspecified atom stereocenters. The van der Waals surface area contributed by atoms with Gasteiger partial charge in [-0.1, -0.05) is 12.1 Å². The Bertz CT molecular complexity index is 1580. The number of phenolic OH excluding ortho intramolecular Hbond substituents is 2. The monoisotopic (exact) mass is 627 g/mol. The number of ether oxygens (including phenoxy) is 3. The van der Waals surface area contributed by atoms with Crippen LogP contribution in [0.15, 0.2) is 18.2 Å². The zero-order valence-corrected chi connectivity index (χ0v) is 25.0. The quantitative estimate of drug-likeness (QED) is 0.161. The normalized spacial score (nSPS) is 28.0. The second kappa shape index (κ2) is 12.1. The first kappa shape index (κ1) is 32.5. The van der Waals surface area contributed by atoms with Crippen molar-refractivity contribution in [3.63, 3.8) is 0 Å². The lowest BCUT2D eigenvalue weighted by molar-refractivity contribution is -0.249. The van der Waals surface area contributed by atoms with Crippen LogP contribution >= 0.6 is 0 Å². The Kier molecular flexibility index (Phi) is 8.74. The second-order valence-corrected chi connectivity index (χ2v) is 11.8. The van der Waals surface area contributed by atoms with Gasteiger partial charge >= 0.3 is 0 Å². The summed E-state index contributed by atoms with van der Waals surface area (Å²) in [6, 6.07) is 2.59. The van der Waals surface area contributed by atoms with E-state index in [2.05, 4.69) is 5.32 Å². The number of methoxy groups -OCH3 is 1. The predicted molar refractivity (Wildman–Crippen MR) is 156 cm³/mol. The number of aromatic hydroxyl groups is 2. The van der Waals surface area contributed by atoms with Gasteiger partial charge in [0.05, 0.1) is 48.1 Å². The summed E-state index contributed by atoms with van der Waals surface area (Å²) < 4.78 is 17.3. The van der Waals surface area contributed by atoms with Crippen LogP contribution < -0.4 is 21.5 Å². The highest BCUT2D eigenvalue weighted by molar-refractivity contribution is 6.31. The maximum atomic E-state index is 13.8. The maximum Gasteiger partial charge on any atom is 0.237 e. The number of rotatable bonds is 8.